The van der Waals surface area contributed by atoms with Crippen molar-refractivity contribution in [1.29, 1.82) is 0 Å². The van der Waals surface area contributed by atoms with Crippen molar-refractivity contribution < 1.29 is 4.79 Å². The number of carbonyl (C=O) groups is 1. The lowest BCUT2D eigenvalue weighted by Gasteiger charge is -2.11. The first-order valence-corrected chi connectivity index (χ1v) is 6.34. The summed E-state index contributed by atoms with van der Waals surface area (Å²) in [5.74, 6) is 0.305. The molecule has 1 aromatic rings. The van der Waals surface area contributed by atoms with Crippen LogP contribution >= 0.6 is 0 Å². The molecule has 96 valence electrons. The molecule has 1 aromatic carbocycles. The molecule has 1 aliphatic heterocycles. The quantitative estimate of drug-likeness (QED) is 0.837. The summed E-state index contributed by atoms with van der Waals surface area (Å²) in [5, 5.41) is 5.99. The second kappa shape index (κ2) is 5.67. The zero-order valence-electron chi connectivity index (χ0n) is 10.9. The minimum Gasteiger partial charge on any atom is -0.366 e. The molecule has 2 N–H and O–H groups in total. The van der Waals surface area contributed by atoms with Crippen LogP contribution in [0.1, 0.15) is 24.0 Å². The number of carbonyl (C=O) groups excluding carboxylic acids is 1. The molecule has 0 fully saturated rings. The lowest BCUT2D eigenvalue weighted by atomic mass is 10.1. The molecular formula is C14H19N3O. The summed E-state index contributed by atoms with van der Waals surface area (Å²) in [6, 6.07) is 6.02. The van der Waals surface area contributed by atoms with E-state index < -0.39 is 0 Å². The molecule has 1 amide bonds. The molecule has 0 atom stereocenters. The third-order valence-electron chi connectivity index (χ3n) is 3.00. The zero-order valence-corrected chi connectivity index (χ0v) is 10.9. The summed E-state index contributed by atoms with van der Waals surface area (Å²) in [7, 11) is 0. The van der Waals surface area contributed by atoms with Gasteiger partial charge in [0.2, 0.25) is 0 Å². The molecular weight excluding hydrogens is 226 g/mol. The molecule has 0 aliphatic carbocycles. The van der Waals surface area contributed by atoms with Crippen molar-refractivity contribution in [2.75, 3.05) is 18.4 Å². The van der Waals surface area contributed by atoms with Crippen LogP contribution in [0.25, 0.3) is 0 Å². The van der Waals surface area contributed by atoms with Crippen LogP contribution in [-0.4, -0.2) is 24.8 Å². The molecule has 18 heavy (non-hydrogen) atoms. The van der Waals surface area contributed by atoms with E-state index in [9.17, 15) is 4.79 Å². The van der Waals surface area contributed by atoms with Crippen LogP contribution in [0.3, 0.4) is 0 Å². The van der Waals surface area contributed by atoms with Crippen molar-refractivity contribution in [3.63, 3.8) is 0 Å². The molecule has 0 saturated heterocycles. The van der Waals surface area contributed by atoms with E-state index in [0.29, 0.717) is 5.84 Å². The van der Waals surface area contributed by atoms with Gasteiger partial charge in [0.05, 0.1) is 0 Å². The van der Waals surface area contributed by atoms with Gasteiger partial charge in [-0.1, -0.05) is 12.1 Å². The number of aliphatic imine (C=N–C) groups is 1. The number of amides is 1. The predicted octanol–water partition coefficient (Wildman–Crippen LogP) is 2.02. The van der Waals surface area contributed by atoms with Gasteiger partial charge in [-0.15, -0.1) is 0 Å². The highest BCUT2D eigenvalue weighted by Gasteiger charge is 2.13. The van der Waals surface area contributed by atoms with E-state index in [1.807, 2.05) is 32.0 Å². The molecule has 2 rings (SSSR count). The number of hydrogen-bond acceptors (Lipinski definition) is 3. The fourth-order valence-electron chi connectivity index (χ4n) is 1.89. The Morgan fingerprint density at radius 1 is 1.33 bits per heavy atom. The lowest BCUT2D eigenvalue weighted by molar-refractivity contribution is -0.110. The van der Waals surface area contributed by atoms with E-state index in [2.05, 4.69) is 15.6 Å². The number of rotatable bonds is 2. The Bertz CT molecular complexity index is 480. The van der Waals surface area contributed by atoms with Crippen LogP contribution in [0.4, 0.5) is 5.69 Å². The molecule has 0 saturated carbocycles. The Labute approximate surface area is 108 Å². The summed E-state index contributed by atoms with van der Waals surface area (Å²) >= 11 is 0. The molecule has 0 bridgehead atoms. The number of amidine groups is 1. The molecule has 4 nitrogen and oxygen atoms in total. The summed E-state index contributed by atoms with van der Waals surface area (Å²) in [5.41, 5.74) is 3.04. The summed E-state index contributed by atoms with van der Waals surface area (Å²) in [4.78, 5) is 16.3. The van der Waals surface area contributed by atoms with E-state index in [1.165, 1.54) is 0 Å². The molecule has 1 aliphatic rings. The van der Waals surface area contributed by atoms with Gasteiger partial charge in [0.25, 0.3) is 5.91 Å². The van der Waals surface area contributed by atoms with Crippen LogP contribution < -0.4 is 10.6 Å². The first-order valence-electron chi connectivity index (χ1n) is 6.34. The van der Waals surface area contributed by atoms with Crippen LogP contribution in [-0.2, 0) is 4.79 Å². The fourth-order valence-corrected chi connectivity index (χ4v) is 1.89. The minimum absolute atomic E-state index is 0.148. The fraction of sp³-hybridized carbons (Fsp3) is 0.429. The second-order valence-electron chi connectivity index (χ2n) is 4.64. The van der Waals surface area contributed by atoms with E-state index in [4.69, 9.17) is 0 Å². The Morgan fingerprint density at radius 2 is 2.17 bits per heavy atom. The number of nitrogens with zero attached hydrogens (tertiary/aromatic N) is 1. The van der Waals surface area contributed by atoms with E-state index >= 15 is 0 Å². The maximum absolute atomic E-state index is 12.1. The van der Waals surface area contributed by atoms with E-state index in [1.54, 1.807) is 0 Å². The van der Waals surface area contributed by atoms with E-state index in [-0.39, 0.29) is 5.91 Å². The standard InChI is InChI=1S/C14H19N3O/c1-10-5-6-11(2)12(9-10)17-14(18)13-15-7-3-4-8-16-13/h5-6,9H,3-4,7-8H2,1-2H3,(H,15,16)(H,17,18). The van der Waals surface area contributed by atoms with Gasteiger partial charge in [-0.25, -0.2) is 0 Å². The Kier molecular flexibility index (Phi) is 3.97. The molecule has 4 heteroatoms. The largest absolute Gasteiger partial charge is 0.366 e. The number of aryl methyl sites for hydroxylation is 2. The van der Waals surface area contributed by atoms with Gasteiger partial charge in [-0.2, -0.15) is 0 Å². The third kappa shape index (κ3) is 3.09. The summed E-state index contributed by atoms with van der Waals surface area (Å²) < 4.78 is 0. The lowest BCUT2D eigenvalue weighted by Crippen LogP contribution is -2.35. The first kappa shape index (κ1) is 12.6. The Hall–Kier alpha value is -1.84. The zero-order chi connectivity index (χ0) is 13.0. The highest BCUT2D eigenvalue weighted by molar-refractivity contribution is 6.42. The Morgan fingerprint density at radius 3 is 3.00 bits per heavy atom. The van der Waals surface area contributed by atoms with Crippen molar-refractivity contribution in [3.8, 4) is 0 Å². The molecule has 0 radical (unpaired) electrons. The maximum atomic E-state index is 12.1. The van der Waals surface area contributed by atoms with Crippen molar-refractivity contribution in [2.45, 2.75) is 26.7 Å². The molecule has 0 aromatic heterocycles. The topological polar surface area (TPSA) is 53.5 Å². The molecule has 0 unspecified atom stereocenters. The molecule has 0 spiro atoms. The predicted molar refractivity (Wildman–Crippen MR) is 74.1 cm³/mol. The maximum Gasteiger partial charge on any atom is 0.290 e. The van der Waals surface area contributed by atoms with Gasteiger partial charge >= 0.3 is 0 Å². The van der Waals surface area contributed by atoms with Gasteiger partial charge in [0, 0.05) is 18.8 Å². The van der Waals surface area contributed by atoms with Crippen molar-refractivity contribution in [1.82, 2.24) is 5.32 Å². The normalized spacial score (nSPS) is 15.3. The van der Waals surface area contributed by atoms with Crippen LogP contribution in [0.5, 0.6) is 0 Å². The number of nitrogens with one attached hydrogen (secondary N) is 2. The average Bonchev–Trinajstić information content (AvgIpc) is 2.62. The van der Waals surface area contributed by atoms with Crippen molar-refractivity contribution in [2.24, 2.45) is 4.99 Å². The smallest absolute Gasteiger partial charge is 0.290 e. The first-order chi connectivity index (χ1) is 8.66. The van der Waals surface area contributed by atoms with Crippen LogP contribution in [0, 0.1) is 13.8 Å². The highest BCUT2D eigenvalue weighted by atomic mass is 16.2. The van der Waals surface area contributed by atoms with Gasteiger partial charge in [-0.3, -0.25) is 9.79 Å². The molecule has 1 heterocycles. The van der Waals surface area contributed by atoms with E-state index in [0.717, 1.165) is 42.7 Å². The summed E-state index contributed by atoms with van der Waals surface area (Å²) in [6.45, 7) is 5.54. The van der Waals surface area contributed by atoms with Crippen LogP contribution in [0.15, 0.2) is 23.2 Å². The van der Waals surface area contributed by atoms with Gasteiger partial charge in [0.1, 0.15) is 0 Å². The minimum atomic E-state index is -0.148. The number of benzene rings is 1. The average molecular weight is 245 g/mol. The van der Waals surface area contributed by atoms with Gasteiger partial charge < -0.3 is 10.6 Å². The highest BCUT2D eigenvalue weighted by Crippen LogP contribution is 2.16. The monoisotopic (exact) mass is 245 g/mol. The van der Waals surface area contributed by atoms with Crippen molar-refractivity contribution in [3.05, 3.63) is 29.3 Å². The summed E-state index contributed by atoms with van der Waals surface area (Å²) in [6.07, 6.45) is 2.09. The van der Waals surface area contributed by atoms with Gasteiger partial charge in [0.15, 0.2) is 5.84 Å². The van der Waals surface area contributed by atoms with Crippen molar-refractivity contribution >= 4 is 17.4 Å². The number of hydrogen-bond donors (Lipinski definition) is 2. The van der Waals surface area contributed by atoms with Gasteiger partial charge in [-0.05, 0) is 43.9 Å². The number of anilines is 1. The Balaban J connectivity index is 2.10. The third-order valence-corrected chi connectivity index (χ3v) is 3.00. The SMILES string of the molecule is Cc1ccc(C)c(NC(=O)C2=NCCCCN2)c1. The second-order valence-corrected chi connectivity index (χ2v) is 4.64. The van der Waals surface area contributed by atoms with Crippen LogP contribution in [0.2, 0.25) is 0 Å².